The van der Waals surface area contributed by atoms with Gasteiger partial charge in [0.2, 0.25) is 0 Å². The van der Waals surface area contributed by atoms with E-state index in [1.165, 1.54) is 11.1 Å². The van der Waals surface area contributed by atoms with Gasteiger partial charge in [0, 0.05) is 11.4 Å². The summed E-state index contributed by atoms with van der Waals surface area (Å²) in [5.41, 5.74) is 4.44. The number of anilines is 1. The van der Waals surface area contributed by atoms with E-state index in [-0.39, 0.29) is 0 Å². The highest BCUT2D eigenvalue weighted by Gasteiger charge is 1.92. The minimum Gasteiger partial charge on any atom is -0.356 e. The Labute approximate surface area is 98.2 Å². The maximum absolute atomic E-state index is 3.96. The van der Waals surface area contributed by atoms with E-state index in [1.807, 2.05) is 31.2 Å². The Bertz CT molecular complexity index is 425. The molecule has 0 aliphatic rings. The SMILES string of the molecule is C=C(/C=C\C(C)=C/C)Nc1cccc(C)c1. The van der Waals surface area contributed by atoms with Crippen LogP contribution in [0, 0.1) is 6.92 Å². The van der Waals surface area contributed by atoms with Crippen LogP contribution in [0.2, 0.25) is 0 Å². The molecule has 0 atom stereocenters. The topological polar surface area (TPSA) is 12.0 Å². The summed E-state index contributed by atoms with van der Waals surface area (Å²) in [6.07, 6.45) is 6.10. The molecule has 1 nitrogen and oxygen atoms in total. The molecule has 0 amide bonds. The zero-order valence-electron chi connectivity index (χ0n) is 10.2. The van der Waals surface area contributed by atoms with Gasteiger partial charge in [0.1, 0.15) is 0 Å². The van der Waals surface area contributed by atoms with Gasteiger partial charge in [-0.1, -0.05) is 36.4 Å². The molecule has 1 rings (SSSR count). The molecule has 0 radical (unpaired) electrons. The molecule has 0 bridgehead atoms. The molecule has 0 aromatic heterocycles. The molecule has 0 heterocycles. The molecule has 1 aromatic carbocycles. The molecule has 0 aliphatic carbocycles. The van der Waals surface area contributed by atoms with Crippen molar-refractivity contribution in [1.29, 1.82) is 0 Å². The summed E-state index contributed by atoms with van der Waals surface area (Å²) in [6.45, 7) is 10.1. The number of benzene rings is 1. The highest BCUT2D eigenvalue weighted by atomic mass is 14.9. The van der Waals surface area contributed by atoms with Crippen molar-refractivity contribution in [3.8, 4) is 0 Å². The van der Waals surface area contributed by atoms with Crippen LogP contribution in [0.5, 0.6) is 0 Å². The Hall–Kier alpha value is -1.76. The predicted octanol–water partition coefficient (Wildman–Crippen LogP) is 4.44. The van der Waals surface area contributed by atoms with Crippen LogP contribution >= 0.6 is 0 Å². The highest BCUT2D eigenvalue weighted by molar-refractivity contribution is 5.51. The van der Waals surface area contributed by atoms with Crippen LogP contribution < -0.4 is 5.32 Å². The quantitative estimate of drug-likeness (QED) is 0.729. The number of nitrogens with one attached hydrogen (secondary N) is 1. The van der Waals surface area contributed by atoms with Gasteiger partial charge in [-0.3, -0.25) is 0 Å². The lowest BCUT2D eigenvalue weighted by Crippen LogP contribution is -1.95. The van der Waals surface area contributed by atoms with Crippen LogP contribution in [-0.2, 0) is 0 Å². The van der Waals surface area contributed by atoms with E-state index in [2.05, 4.69) is 44.0 Å². The van der Waals surface area contributed by atoms with Gasteiger partial charge in [-0.15, -0.1) is 0 Å². The molecule has 1 aromatic rings. The van der Waals surface area contributed by atoms with Crippen LogP contribution in [0.15, 0.2) is 60.3 Å². The van der Waals surface area contributed by atoms with Crippen LogP contribution in [0.3, 0.4) is 0 Å². The maximum atomic E-state index is 3.96. The number of hydrogen-bond donors (Lipinski definition) is 1. The maximum Gasteiger partial charge on any atom is 0.0386 e. The summed E-state index contributed by atoms with van der Waals surface area (Å²) < 4.78 is 0. The van der Waals surface area contributed by atoms with Gasteiger partial charge in [0.05, 0.1) is 0 Å². The first-order chi connectivity index (χ1) is 7.61. The van der Waals surface area contributed by atoms with Gasteiger partial charge in [-0.2, -0.15) is 0 Å². The molecular weight excluding hydrogens is 194 g/mol. The summed E-state index contributed by atoms with van der Waals surface area (Å²) in [6, 6.07) is 8.25. The molecule has 0 unspecified atom stereocenters. The smallest absolute Gasteiger partial charge is 0.0386 e. The highest BCUT2D eigenvalue weighted by Crippen LogP contribution is 2.12. The van der Waals surface area contributed by atoms with E-state index >= 15 is 0 Å². The third-order valence-corrected chi connectivity index (χ3v) is 2.33. The number of rotatable bonds is 4. The minimum absolute atomic E-state index is 0.895. The van der Waals surface area contributed by atoms with E-state index in [0.717, 1.165) is 11.4 Å². The summed E-state index contributed by atoms with van der Waals surface area (Å²) in [4.78, 5) is 0. The summed E-state index contributed by atoms with van der Waals surface area (Å²) in [5.74, 6) is 0. The molecule has 0 saturated carbocycles. The first-order valence-electron chi connectivity index (χ1n) is 5.45. The van der Waals surface area contributed by atoms with Crippen molar-refractivity contribution in [2.45, 2.75) is 20.8 Å². The largest absolute Gasteiger partial charge is 0.356 e. The van der Waals surface area contributed by atoms with Gasteiger partial charge in [-0.25, -0.2) is 0 Å². The first kappa shape index (κ1) is 12.3. The van der Waals surface area contributed by atoms with E-state index in [4.69, 9.17) is 0 Å². The number of allylic oxidation sites excluding steroid dienone is 4. The van der Waals surface area contributed by atoms with Gasteiger partial charge in [-0.05, 0) is 44.5 Å². The molecule has 1 N–H and O–H groups in total. The van der Waals surface area contributed by atoms with Crippen molar-refractivity contribution < 1.29 is 0 Å². The van der Waals surface area contributed by atoms with Crippen LogP contribution in [0.4, 0.5) is 5.69 Å². The van der Waals surface area contributed by atoms with Crippen molar-refractivity contribution in [2.24, 2.45) is 0 Å². The van der Waals surface area contributed by atoms with Gasteiger partial charge in [0.25, 0.3) is 0 Å². The third kappa shape index (κ3) is 4.18. The molecule has 16 heavy (non-hydrogen) atoms. The fourth-order valence-corrected chi connectivity index (χ4v) is 1.28. The molecule has 0 aliphatic heterocycles. The Kier molecular flexibility index (Phi) is 4.59. The predicted molar refractivity (Wildman–Crippen MR) is 72.5 cm³/mol. The van der Waals surface area contributed by atoms with Crippen molar-refractivity contribution in [1.82, 2.24) is 0 Å². The Morgan fingerprint density at radius 1 is 1.31 bits per heavy atom. The summed E-state index contributed by atoms with van der Waals surface area (Å²) >= 11 is 0. The van der Waals surface area contributed by atoms with E-state index < -0.39 is 0 Å². The molecule has 0 fully saturated rings. The van der Waals surface area contributed by atoms with E-state index in [0.29, 0.717) is 0 Å². The van der Waals surface area contributed by atoms with E-state index in [1.54, 1.807) is 0 Å². The van der Waals surface area contributed by atoms with Crippen molar-refractivity contribution >= 4 is 5.69 Å². The molecule has 0 spiro atoms. The molecule has 1 heteroatoms. The normalized spacial score (nSPS) is 11.8. The second-order valence-corrected chi connectivity index (χ2v) is 3.89. The molecular formula is C15H19N. The third-order valence-electron chi connectivity index (χ3n) is 2.33. The fraction of sp³-hybridized carbons (Fsp3) is 0.200. The Morgan fingerprint density at radius 3 is 2.69 bits per heavy atom. The standard InChI is InChI=1S/C15H19N/c1-5-12(2)9-10-14(4)16-15-8-6-7-13(3)11-15/h5-11,16H,4H2,1-3H3/b10-9-,12-5-. The number of aryl methyl sites for hydroxylation is 1. The van der Waals surface area contributed by atoms with Crippen molar-refractivity contribution in [3.05, 3.63) is 65.9 Å². The van der Waals surface area contributed by atoms with Crippen LogP contribution in [0.1, 0.15) is 19.4 Å². The van der Waals surface area contributed by atoms with Crippen molar-refractivity contribution in [2.75, 3.05) is 5.32 Å². The first-order valence-corrected chi connectivity index (χ1v) is 5.45. The summed E-state index contributed by atoms with van der Waals surface area (Å²) in [7, 11) is 0. The lowest BCUT2D eigenvalue weighted by molar-refractivity contribution is 1.41. The monoisotopic (exact) mass is 213 g/mol. The molecule has 84 valence electrons. The Morgan fingerprint density at radius 2 is 2.06 bits per heavy atom. The zero-order valence-corrected chi connectivity index (χ0v) is 10.2. The lowest BCUT2D eigenvalue weighted by atomic mass is 10.2. The fourth-order valence-electron chi connectivity index (χ4n) is 1.28. The number of hydrogen-bond acceptors (Lipinski definition) is 1. The van der Waals surface area contributed by atoms with Crippen LogP contribution in [0.25, 0.3) is 0 Å². The average molecular weight is 213 g/mol. The zero-order chi connectivity index (χ0) is 12.0. The van der Waals surface area contributed by atoms with Crippen molar-refractivity contribution in [3.63, 3.8) is 0 Å². The average Bonchev–Trinajstić information content (AvgIpc) is 2.26. The van der Waals surface area contributed by atoms with E-state index in [9.17, 15) is 0 Å². The van der Waals surface area contributed by atoms with Crippen LogP contribution in [-0.4, -0.2) is 0 Å². The second-order valence-electron chi connectivity index (χ2n) is 3.89. The lowest BCUT2D eigenvalue weighted by Gasteiger charge is -2.06. The Balaban J connectivity index is 2.62. The van der Waals surface area contributed by atoms with Gasteiger partial charge >= 0.3 is 0 Å². The van der Waals surface area contributed by atoms with Gasteiger partial charge < -0.3 is 5.32 Å². The molecule has 0 saturated heterocycles. The van der Waals surface area contributed by atoms with Gasteiger partial charge in [0.15, 0.2) is 0 Å². The summed E-state index contributed by atoms with van der Waals surface area (Å²) in [5, 5.41) is 3.25. The minimum atomic E-state index is 0.895. The second kappa shape index (κ2) is 5.96.